The molecule has 0 spiro atoms. The lowest BCUT2D eigenvalue weighted by atomic mass is 9.96. The maximum absolute atomic E-state index is 9.61. The van der Waals surface area contributed by atoms with E-state index in [1.54, 1.807) is 0 Å². The average Bonchev–Trinajstić information content (AvgIpc) is 2.57. The third-order valence-electron chi connectivity index (χ3n) is 4.35. The van der Waals surface area contributed by atoms with Crippen molar-refractivity contribution in [2.75, 3.05) is 19.7 Å². The molecule has 1 heterocycles. The Bertz CT molecular complexity index is 211. The SMILES string of the molecule is CCCC1CCCN(C(CO)C(N)CCC)CC1. The van der Waals surface area contributed by atoms with Crippen LogP contribution in [0.2, 0.25) is 0 Å². The van der Waals surface area contributed by atoms with Crippen LogP contribution in [0.1, 0.15) is 58.8 Å². The summed E-state index contributed by atoms with van der Waals surface area (Å²) < 4.78 is 0. The zero-order valence-electron chi connectivity index (χ0n) is 12.3. The molecule has 108 valence electrons. The van der Waals surface area contributed by atoms with Gasteiger partial charge in [-0.3, -0.25) is 4.90 Å². The molecule has 0 aliphatic carbocycles. The molecule has 0 aromatic rings. The highest BCUT2D eigenvalue weighted by Crippen LogP contribution is 2.23. The second-order valence-corrected chi connectivity index (χ2v) is 5.82. The van der Waals surface area contributed by atoms with Crippen molar-refractivity contribution in [2.24, 2.45) is 11.7 Å². The van der Waals surface area contributed by atoms with Gasteiger partial charge >= 0.3 is 0 Å². The standard InChI is InChI=1S/C15H32N2O/c1-3-6-13-8-5-10-17(11-9-13)15(12-18)14(16)7-4-2/h13-15,18H,3-12,16H2,1-2H3. The molecule has 1 aliphatic heterocycles. The molecule has 3 atom stereocenters. The van der Waals surface area contributed by atoms with Gasteiger partial charge in [-0.2, -0.15) is 0 Å². The van der Waals surface area contributed by atoms with Crippen molar-refractivity contribution in [3.63, 3.8) is 0 Å². The Labute approximate surface area is 113 Å². The summed E-state index contributed by atoms with van der Waals surface area (Å²) in [7, 11) is 0. The minimum Gasteiger partial charge on any atom is -0.395 e. The van der Waals surface area contributed by atoms with Gasteiger partial charge in [0.15, 0.2) is 0 Å². The lowest BCUT2D eigenvalue weighted by molar-refractivity contribution is 0.103. The number of aliphatic hydroxyl groups excluding tert-OH is 1. The molecule has 1 saturated heterocycles. The van der Waals surface area contributed by atoms with E-state index in [9.17, 15) is 5.11 Å². The van der Waals surface area contributed by atoms with Gasteiger partial charge in [-0.1, -0.05) is 33.1 Å². The van der Waals surface area contributed by atoms with Crippen LogP contribution in [0.3, 0.4) is 0 Å². The van der Waals surface area contributed by atoms with E-state index in [4.69, 9.17) is 5.73 Å². The number of hydrogen-bond acceptors (Lipinski definition) is 3. The third-order valence-corrected chi connectivity index (χ3v) is 4.35. The van der Waals surface area contributed by atoms with Crippen LogP contribution >= 0.6 is 0 Å². The van der Waals surface area contributed by atoms with E-state index >= 15 is 0 Å². The van der Waals surface area contributed by atoms with Gasteiger partial charge in [-0.15, -0.1) is 0 Å². The first-order valence-corrected chi connectivity index (χ1v) is 7.83. The second kappa shape index (κ2) is 8.89. The van der Waals surface area contributed by atoms with Crippen LogP contribution in [-0.4, -0.2) is 41.8 Å². The highest BCUT2D eigenvalue weighted by Gasteiger charge is 2.26. The monoisotopic (exact) mass is 256 g/mol. The van der Waals surface area contributed by atoms with Gasteiger partial charge in [0.2, 0.25) is 0 Å². The quantitative estimate of drug-likeness (QED) is 0.735. The van der Waals surface area contributed by atoms with E-state index in [1.165, 1.54) is 32.1 Å². The fourth-order valence-corrected chi connectivity index (χ4v) is 3.26. The maximum atomic E-state index is 9.61. The van der Waals surface area contributed by atoms with Gasteiger partial charge in [0, 0.05) is 12.1 Å². The minimum absolute atomic E-state index is 0.128. The molecular formula is C15H32N2O. The Kier molecular flexibility index (Phi) is 7.87. The van der Waals surface area contributed by atoms with E-state index in [0.717, 1.165) is 31.8 Å². The van der Waals surface area contributed by atoms with Crippen LogP contribution in [0.15, 0.2) is 0 Å². The van der Waals surface area contributed by atoms with Gasteiger partial charge in [-0.25, -0.2) is 0 Å². The molecule has 0 aromatic carbocycles. The maximum Gasteiger partial charge on any atom is 0.0601 e. The summed E-state index contributed by atoms with van der Waals surface area (Å²) in [5, 5.41) is 9.61. The van der Waals surface area contributed by atoms with Gasteiger partial charge in [-0.05, 0) is 44.7 Å². The molecular weight excluding hydrogens is 224 g/mol. The summed E-state index contributed by atoms with van der Waals surface area (Å²) in [4.78, 5) is 2.44. The van der Waals surface area contributed by atoms with Crippen LogP contribution in [-0.2, 0) is 0 Å². The minimum atomic E-state index is 0.128. The number of aliphatic hydroxyl groups is 1. The van der Waals surface area contributed by atoms with Crippen molar-refractivity contribution in [1.29, 1.82) is 0 Å². The fraction of sp³-hybridized carbons (Fsp3) is 1.00. The van der Waals surface area contributed by atoms with Crippen LogP contribution in [0.4, 0.5) is 0 Å². The summed E-state index contributed by atoms with van der Waals surface area (Å²) in [6, 6.07) is 0.299. The molecule has 0 amide bonds. The van der Waals surface area contributed by atoms with Crippen molar-refractivity contribution in [2.45, 2.75) is 70.9 Å². The zero-order chi connectivity index (χ0) is 13.4. The Morgan fingerprint density at radius 2 is 2.00 bits per heavy atom. The summed E-state index contributed by atoms with van der Waals surface area (Å²) in [6.45, 7) is 6.88. The van der Waals surface area contributed by atoms with E-state index in [2.05, 4.69) is 18.7 Å². The first-order chi connectivity index (χ1) is 8.72. The molecule has 1 aliphatic rings. The normalized spacial score (nSPS) is 25.7. The lowest BCUT2D eigenvalue weighted by Crippen LogP contribution is -2.50. The van der Waals surface area contributed by atoms with Crippen molar-refractivity contribution >= 4 is 0 Å². The molecule has 3 N–H and O–H groups in total. The highest BCUT2D eigenvalue weighted by molar-refractivity contribution is 4.83. The van der Waals surface area contributed by atoms with E-state index in [-0.39, 0.29) is 18.7 Å². The number of likely N-dealkylation sites (tertiary alicyclic amines) is 1. The van der Waals surface area contributed by atoms with Crippen molar-refractivity contribution in [3.8, 4) is 0 Å². The molecule has 3 heteroatoms. The smallest absolute Gasteiger partial charge is 0.0601 e. The molecule has 0 saturated carbocycles. The van der Waals surface area contributed by atoms with Crippen molar-refractivity contribution < 1.29 is 5.11 Å². The van der Waals surface area contributed by atoms with Crippen LogP contribution < -0.4 is 5.73 Å². The van der Waals surface area contributed by atoms with Crippen LogP contribution in [0.5, 0.6) is 0 Å². The third kappa shape index (κ3) is 4.87. The first kappa shape index (κ1) is 15.9. The topological polar surface area (TPSA) is 49.5 Å². The number of nitrogens with two attached hydrogens (primary N) is 1. The summed E-state index contributed by atoms with van der Waals surface area (Å²) >= 11 is 0. The van der Waals surface area contributed by atoms with Crippen LogP contribution in [0.25, 0.3) is 0 Å². The lowest BCUT2D eigenvalue weighted by Gasteiger charge is -2.33. The molecule has 0 radical (unpaired) electrons. The van der Waals surface area contributed by atoms with E-state index in [0.29, 0.717) is 0 Å². The molecule has 1 fully saturated rings. The van der Waals surface area contributed by atoms with Gasteiger partial charge in [0.25, 0.3) is 0 Å². The fourth-order valence-electron chi connectivity index (χ4n) is 3.26. The van der Waals surface area contributed by atoms with Gasteiger partial charge in [0.05, 0.1) is 6.61 Å². The molecule has 0 aromatic heterocycles. The predicted molar refractivity (Wildman–Crippen MR) is 77.6 cm³/mol. The Hall–Kier alpha value is -0.120. The molecule has 3 nitrogen and oxygen atoms in total. The number of nitrogens with zero attached hydrogens (tertiary/aromatic N) is 1. The Morgan fingerprint density at radius 1 is 1.22 bits per heavy atom. The summed E-state index contributed by atoms with van der Waals surface area (Å²) in [5.74, 6) is 0.891. The molecule has 0 bridgehead atoms. The number of rotatable bonds is 7. The first-order valence-electron chi connectivity index (χ1n) is 7.83. The average molecular weight is 256 g/mol. The zero-order valence-corrected chi connectivity index (χ0v) is 12.3. The molecule has 3 unspecified atom stereocenters. The molecule has 18 heavy (non-hydrogen) atoms. The van der Waals surface area contributed by atoms with Crippen LogP contribution in [0, 0.1) is 5.92 Å². The molecule has 1 rings (SSSR count). The van der Waals surface area contributed by atoms with Gasteiger partial charge < -0.3 is 10.8 Å². The van der Waals surface area contributed by atoms with Gasteiger partial charge in [0.1, 0.15) is 0 Å². The highest BCUT2D eigenvalue weighted by atomic mass is 16.3. The predicted octanol–water partition coefficient (Wildman–Crippen LogP) is 2.38. The number of hydrogen-bond donors (Lipinski definition) is 2. The van der Waals surface area contributed by atoms with Crippen molar-refractivity contribution in [1.82, 2.24) is 4.90 Å². The Morgan fingerprint density at radius 3 is 2.61 bits per heavy atom. The summed E-state index contributed by atoms with van der Waals surface area (Å²) in [5.41, 5.74) is 6.21. The Balaban J connectivity index is 2.48. The van der Waals surface area contributed by atoms with Crippen molar-refractivity contribution in [3.05, 3.63) is 0 Å². The van der Waals surface area contributed by atoms with E-state index < -0.39 is 0 Å². The second-order valence-electron chi connectivity index (χ2n) is 5.82. The summed E-state index contributed by atoms with van der Waals surface area (Å²) in [6.07, 6.45) is 8.67. The largest absolute Gasteiger partial charge is 0.395 e. The van der Waals surface area contributed by atoms with E-state index in [1.807, 2.05) is 0 Å².